The van der Waals surface area contributed by atoms with Gasteiger partial charge in [-0.25, -0.2) is 4.39 Å². The molecule has 0 amide bonds. The average molecular weight is 402 g/mol. The lowest BCUT2D eigenvalue weighted by atomic mass is 10.1. The summed E-state index contributed by atoms with van der Waals surface area (Å²) in [6.45, 7) is 1.67. The molecule has 104 valence electrons. The standard InChI is InChI=1S/C15H11Br2FO2/c1-9(19)14-3-2-11(16)7-15(14)20-8-10-4-12(17)6-13(18)5-10/h2-7H,8H2,1H3. The van der Waals surface area contributed by atoms with Gasteiger partial charge in [-0.3, -0.25) is 4.79 Å². The predicted molar refractivity (Wildman–Crippen MR) is 82.6 cm³/mol. The van der Waals surface area contributed by atoms with Crippen LogP contribution in [0, 0.1) is 5.82 Å². The molecule has 0 bridgehead atoms. The molecule has 0 heterocycles. The molecule has 0 spiro atoms. The quantitative estimate of drug-likeness (QED) is 0.663. The molecule has 0 aromatic heterocycles. The minimum atomic E-state index is -0.334. The Balaban J connectivity index is 2.22. The third-order valence-corrected chi connectivity index (χ3v) is 3.59. The number of Topliss-reactive ketones (excluding diaryl/α,β-unsaturated/α-hetero) is 1. The zero-order valence-electron chi connectivity index (χ0n) is 10.6. The molecule has 2 aromatic rings. The van der Waals surface area contributed by atoms with Gasteiger partial charge in [-0.2, -0.15) is 0 Å². The van der Waals surface area contributed by atoms with Gasteiger partial charge in [-0.1, -0.05) is 31.9 Å². The van der Waals surface area contributed by atoms with Gasteiger partial charge in [-0.15, -0.1) is 0 Å². The fourth-order valence-electron chi connectivity index (χ4n) is 1.76. The largest absolute Gasteiger partial charge is 0.488 e. The van der Waals surface area contributed by atoms with E-state index in [1.54, 1.807) is 24.3 Å². The lowest BCUT2D eigenvalue weighted by Gasteiger charge is -2.11. The van der Waals surface area contributed by atoms with E-state index in [1.165, 1.54) is 19.1 Å². The average Bonchev–Trinajstić information content (AvgIpc) is 2.35. The van der Waals surface area contributed by atoms with Crippen LogP contribution in [-0.4, -0.2) is 5.78 Å². The van der Waals surface area contributed by atoms with Crippen LogP contribution in [0.2, 0.25) is 0 Å². The molecule has 2 aromatic carbocycles. The maximum Gasteiger partial charge on any atom is 0.163 e. The molecule has 0 aliphatic carbocycles. The summed E-state index contributed by atoms with van der Waals surface area (Å²) in [5.74, 6) is 0.0687. The summed E-state index contributed by atoms with van der Waals surface area (Å²) < 4.78 is 20.4. The number of benzene rings is 2. The van der Waals surface area contributed by atoms with Crippen LogP contribution in [0.3, 0.4) is 0 Å². The van der Waals surface area contributed by atoms with Gasteiger partial charge in [0.15, 0.2) is 5.78 Å². The van der Waals surface area contributed by atoms with Crippen LogP contribution in [0.25, 0.3) is 0 Å². The smallest absolute Gasteiger partial charge is 0.163 e. The van der Waals surface area contributed by atoms with Gasteiger partial charge in [0.2, 0.25) is 0 Å². The minimum absolute atomic E-state index is 0.0760. The topological polar surface area (TPSA) is 26.3 Å². The predicted octanol–water partition coefficient (Wildman–Crippen LogP) is 5.13. The summed E-state index contributed by atoms with van der Waals surface area (Å²) in [5, 5.41) is 0. The second-order valence-corrected chi connectivity index (χ2v) is 6.09. The number of hydrogen-bond donors (Lipinski definition) is 0. The van der Waals surface area contributed by atoms with E-state index >= 15 is 0 Å². The van der Waals surface area contributed by atoms with Crippen molar-refractivity contribution in [3.63, 3.8) is 0 Å². The molecule has 2 nitrogen and oxygen atoms in total. The Morgan fingerprint density at radius 1 is 1.15 bits per heavy atom. The highest BCUT2D eigenvalue weighted by Crippen LogP contribution is 2.25. The molecule has 0 unspecified atom stereocenters. The van der Waals surface area contributed by atoms with Gasteiger partial charge >= 0.3 is 0 Å². The Kier molecular flexibility index (Phi) is 4.94. The highest BCUT2D eigenvalue weighted by molar-refractivity contribution is 9.10. The molecule has 0 atom stereocenters. The number of carbonyl (C=O) groups is 1. The van der Waals surface area contributed by atoms with E-state index in [4.69, 9.17) is 4.74 Å². The van der Waals surface area contributed by atoms with Gasteiger partial charge < -0.3 is 4.74 Å². The van der Waals surface area contributed by atoms with Crippen LogP contribution in [0.15, 0.2) is 45.3 Å². The van der Waals surface area contributed by atoms with Crippen molar-refractivity contribution in [1.29, 1.82) is 0 Å². The molecular weight excluding hydrogens is 391 g/mol. The van der Waals surface area contributed by atoms with Crippen molar-refractivity contribution in [2.75, 3.05) is 0 Å². The molecule has 5 heteroatoms. The molecular formula is C15H11Br2FO2. The molecule has 2 rings (SSSR count). The fourth-order valence-corrected chi connectivity index (χ4v) is 2.61. The number of ether oxygens (including phenoxy) is 1. The van der Waals surface area contributed by atoms with E-state index in [9.17, 15) is 9.18 Å². The summed E-state index contributed by atoms with van der Waals surface area (Å²) in [4.78, 5) is 11.5. The lowest BCUT2D eigenvalue weighted by Crippen LogP contribution is -2.02. The molecule has 0 saturated heterocycles. The van der Waals surface area contributed by atoms with E-state index in [2.05, 4.69) is 31.9 Å². The number of carbonyl (C=O) groups excluding carboxylic acids is 1. The van der Waals surface area contributed by atoms with Gasteiger partial charge in [0, 0.05) is 8.95 Å². The van der Waals surface area contributed by atoms with Crippen LogP contribution in [-0.2, 0) is 6.61 Å². The maximum atomic E-state index is 13.3. The van der Waals surface area contributed by atoms with Crippen LogP contribution < -0.4 is 4.74 Å². The monoisotopic (exact) mass is 400 g/mol. The molecule has 20 heavy (non-hydrogen) atoms. The molecule has 0 aliphatic rings. The Morgan fingerprint density at radius 2 is 1.90 bits per heavy atom. The minimum Gasteiger partial charge on any atom is -0.488 e. The summed E-state index contributed by atoms with van der Waals surface area (Å²) >= 11 is 6.57. The number of halogens is 3. The first-order valence-electron chi connectivity index (χ1n) is 5.84. The normalized spacial score (nSPS) is 10.4. The Hall–Kier alpha value is -1.20. The van der Waals surface area contributed by atoms with Crippen LogP contribution in [0.1, 0.15) is 22.8 Å². The number of hydrogen-bond acceptors (Lipinski definition) is 2. The van der Waals surface area contributed by atoms with E-state index in [1.807, 2.05) is 0 Å². The second kappa shape index (κ2) is 6.50. The molecule has 0 saturated carbocycles. The zero-order valence-corrected chi connectivity index (χ0v) is 13.8. The van der Waals surface area contributed by atoms with Crippen molar-refractivity contribution in [1.82, 2.24) is 0 Å². The Labute approximate surface area is 133 Å². The summed E-state index contributed by atoms with van der Waals surface area (Å²) in [5.41, 5.74) is 1.19. The lowest BCUT2D eigenvalue weighted by molar-refractivity contribution is 0.101. The highest BCUT2D eigenvalue weighted by atomic mass is 79.9. The SMILES string of the molecule is CC(=O)c1ccc(Br)cc1OCc1cc(F)cc(Br)c1. The first kappa shape index (κ1) is 15.2. The van der Waals surface area contributed by atoms with Crippen molar-refractivity contribution in [3.05, 3.63) is 62.3 Å². The van der Waals surface area contributed by atoms with Gasteiger partial charge in [0.1, 0.15) is 18.2 Å². The molecule has 0 aliphatic heterocycles. The first-order valence-corrected chi connectivity index (χ1v) is 7.42. The molecule has 0 N–H and O–H groups in total. The van der Waals surface area contributed by atoms with Crippen molar-refractivity contribution >= 4 is 37.6 Å². The highest BCUT2D eigenvalue weighted by Gasteiger charge is 2.09. The first-order chi connectivity index (χ1) is 9.45. The van der Waals surface area contributed by atoms with Gasteiger partial charge in [0.05, 0.1) is 5.56 Å². The van der Waals surface area contributed by atoms with Crippen LogP contribution >= 0.6 is 31.9 Å². The van der Waals surface area contributed by atoms with Crippen molar-refractivity contribution in [2.24, 2.45) is 0 Å². The Bertz CT molecular complexity index is 636. The van der Waals surface area contributed by atoms with Gasteiger partial charge in [0.25, 0.3) is 0 Å². The third kappa shape index (κ3) is 3.90. The fraction of sp³-hybridized carbons (Fsp3) is 0.133. The van der Waals surface area contributed by atoms with Crippen LogP contribution in [0.4, 0.5) is 4.39 Å². The van der Waals surface area contributed by atoms with Crippen molar-refractivity contribution < 1.29 is 13.9 Å². The van der Waals surface area contributed by atoms with E-state index in [-0.39, 0.29) is 18.2 Å². The molecule has 0 radical (unpaired) electrons. The van der Waals surface area contributed by atoms with E-state index in [0.717, 1.165) is 4.47 Å². The Morgan fingerprint density at radius 3 is 2.55 bits per heavy atom. The zero-order chi connectivity index (χ0) is 14.7. The summed E-state index contributed by atoms with van der Waals surface area (Å²) in [6.07, 6.45) is 0. The van der Waals surface area contributed by atoms with E-state index in [0.29, 0.717) is 21.3 Å². The molecule has 0 fully saturated rings. The number of rotatable bonds is 4. The third-order valence-electron chi connectivity index (χ3n) is 2.64. The van der Waals surface area contributed by atoms with Crippen LogP contribution in [0.5, 0.6) is 5.75 Å². The van der Waals surface area contributed by atoms with Crippen molar-refractivity contribution in [3.8, 4) is 5.75 Å². The summed E-state index contributed by atoms with van der Waals surface area (Å²) in [6, 6.07) is 9.75. The van der Waals surface area contributed by atoms with Gasteiger partial charge in [-0.05, 0) is 48.9 Å². The number of ketones is 1. The second-order valence-electron chi connectivity index (χ2n) is 4.26. The summed E-state index contributed by atoms with van der Waals surface area (Å²) in [7, 11) is 0. The van der Waals surface area contributed by atoms with E-state index < -0.39 is 0 Å². The maximum absolute atomic E-state index is 13.3. The van der Waals surface area contributed by atoms with Crippen molar-refractivity contribution in [2.45, 2.75) is 13.5 Å².